The van der Waals surface area contributed by atoms with E-state index >= 15 is 0 Å². The quantitative estimate of drug-likeness (QED) is 0.673. The van der Waals surface area contributed by atoms with Crippen molar-refractivity contribution in [2.24, 2.45) is 0 Å². The van der Waals surface area contributed by atoms with Gasteiger partial charge in [-0.25, -0.2) is 0 Å². The molecule has 2 fully saturated rings. The van der Waals surface area contributed by atoms with Gasteiger partial charge in [-0.15, -0.1) is 0 Å². The van der Waals surface area contributed by atoms with Crippen LogP contribution in [0.4, 0.5) is 0 Å². The highest BCUT2D eigenvalue weighted by Crippen LogP contribution is 2.26. The van der Waals surface area contributed by atoms with Crippen molar-refractivity contribution in [1.29, 1.82) is 0 Å². The van der Waals surface area contributed by atoms with Gasteiger partial charge in [0.05, 0.1) is 6.61 Å². The highest BCUT2D eigenvalue weighted by atomic mass is 16.5. The number of nitrogens with one attached hydrogen (secondary N) is 1. The fourth-order valence-electron chi connectivity index (χ4n) is 3.02. The van der Waals surface area contributed by atoms with Gasteiger partial charge in [-0.2, -0.15) is 0 Å². The summed E-state index contributed by atoms with van der Waals surface area (Å²) in [5, 5.41) is 3.77. The first kappa shape index (κ1) is 14.3. The van der Waals surface area contributed by atoms with Crippen molar-refractivity contribution in [2.45, 2.75) is 63.5 Å². The molecule has 0 amide bonds. The van der Waals surface area contributed by atoms with E-state index in [-0.39, 0.29) is 0 Å². The van der Waals surface area contributed by atoms with E-state index in [0.717, 1.165) is 31.8 Å². The fraction of sp³-hybridized carbons (Fsp3) is 1.00. The highest BCUT2D eigenvalue weighted by molar-refractivity contribution is 4.85. The van der Waals surface area contributed by atoms with Crippen molar-refractivity contribution < 1.29 is 4.74 Å². The van der Waals surface area contributed by atoms with Crippen LogP contribution in [-0.4, -0.2) is 50.3 Å². The maximum atomic E-state index is 5.20. The summed E-state index contributed by atoms with van der Waals surface area (Å²) in [6, 6.07) is 1.65. The first-order valence-corrected chi connectivity index (χ1v) is 7.86. The molecule has 0 atom stereocenters. The minimum atomic E-state index is 0.788. The molecule has 0 unspecified atom stereocenters. The predicted octanol–water partition coefficient (Wildman–Crippen LogP) is 2.41. The zero-order chi connectivity index (χ0) is 12.6. The minimum Gasteiger partial charge on any atom is -0.383 e. The molecule has 1 N–H and O–H groups in total. The van der Waals surface area contributed by atoms with Crippen LogP contribution in [0.1, 0.15) is 51.4 Å². The van der Waals surface area contributed by atoms with Gasteiger partial charge in [0.2, 0.25) is 0 Å². The lowest BCUT2D eigenvalue weighted by Crippen LogP contribution is -2.39. The summed E-state index contributed by atoms with van der Waals surface area (Å²) in [5.41, 5.74) is 0. The van der Waals surface area contributed by atoms with Gasteiger partial charge >= 0.3 is 0 Å². The van der Waals surface area contributed by atoms with Crippen LogP contribution in [0.15, 0.2) is 0 Å². The van der Waals surface area contributed by atoms with Crippen LogP contribution in [0.5, 0.6) is 0 Å². The Morgan fingerprint density at radius 2 is 1.72 bits per heavy atom. The number of ether oxygens (including phenoxy) is 1. The molecule has 3 nitrogen and oxygen atoms in total. The SMILES string of the molecule is COCCN(CCNC1CCCCCC1)C1CC1. The van der Waals surface area contributed by atoms with E-state index in [0.29, 0.717) is 0 Å². The van der Waals surface area contributed by atoms with Gasteiger partial charge in [0.25, 0.3) is 0 Å². The normalized spacial score (nSPS) is 22.3. The summed E-state index contributed by atoms with van der Waals surface area (Å²) in [6.07, 6.45) is 11.3. The molecule has 2 saturated carbocycles. The molecule has 3 heteroatoms. The van der Waals surface area contributed by atoms with Crippen LogP contribution in [0.25, 0.3) is 0 Å². The molecule has 0 aromatic rings. The van der Waals surface area contributed by atoms with E-state index in [1.54, 1.807) is 7.11 Å². The van der Waals surface area contributed by atoms with E-state index < -0.39 is 0 Å². The van der Waals surface area contributed by atoms with Crippen LogP contribution >= 0.6 is 0 Å². The monoisotopic (exact) mass is 254 g/mol. The summed E-state index contributed by atoms with van der Waals surface area (Å²) in [6.45, 7) is 4.34. The molecule has 0 bridgehead atoms. The zero-order valence-electron chi connectivity index (χ0n) is 12.0. The molecule has 0 aromatic heterocycles. The van der Waals surface area contributed by atoms with E-state index in [2.05, 4.69) is 10.2 Å². The molecule has 0 spiro atoms. The maximum absolute atomic E-state index is 5.20. The van der Waals surface area contributed by atoms with Crippen LogP contribution in [0, 0.1) is 0 Å². The Balaban J connectivity index is 1.59. The molecule has 2 aliphatic rings. The second-order valence-corrected chi connectivity index (χ2v) is 5.90. The van der Waals surface area contributed by atoms with Crippen LogP contribution in [-0.2, 0) is 4.74 Å². The lowest BCUT2D eigenvalue weighted by atomic mass is 10.1. The molecule has 0 heterocycles. The largest absolute Gasteiger partial charge is 0.383 e. The van der Waals surface area contributed by atoms with Gasteiger partial charge in [-0.3, -0.25) is 4.90 Å². The van der Waals surface area contributed by atoms with Crippen molar-refractivity contribution in [3.05, 3.63) is 0 Å². The van der Waals surface area contributed by atoms with Crippen LogP contribution in [0.2, 0.25) is 0 Å². The van der Waals surface area contributed by atoms with Gasteiger partial charge in [-0.05, 0) is 25.7 Å². The van der Waals surface area contributed by atoms with Crippen molar-refractivity contribution in [1.82, 2.24) is 10.2 Å². The number of rotatable bonds is 8. The zero-order valence-corrected chi connectivity index (χ0v) is 12.0. The fourth-order valence-corrected chi connectivity index (χ4v) is 3.02. The minimum absolute atomic E-state index is 0.788. The molecular weight excluding hydrogens is 224 g/mol. The molecule has 18 heavy (non-hydrogen) atoms. The Kier molecular flexibility index (Phi) is 6.46. The van der Waals surface area contributed by atoms with Crippen LogP contribution in [0.3, 0.4) is 0 Å². The topological polar surface area (TPSA) is 24.5 Å². The standard InChI is InChI=1S/C15H30N2O/c1-18-13-12-17(15-8-9-15)11-10-16-14-6-4-2-3-5-7-14/h14-16H,2-13H2,1H3. The molecule has 2 rings (SSSR count). The van der Waals surface area contributed by atoms with E-state index in [9.17, 15) is 0 Å². The van der Waals surface area contributed by atoms with Gasteiger partial charge in [0.1, 0.15) is 0 Å². The summed E-state index contributed by atoms with van der Waals surface area (Å²) >= 11 is 0. The third-order valence-corrected chi connectivity index (χ3v) is 4.33. The number of nitrogens with zero attached hydrogens (tertiary/aromatic N) is 1. The van der Waals surface area contributed by atoms with Crippen molar-refractivity contribution in [3.63, 3.8) is 0 Å². The summed E-state index contributed by atoms with van der Waals surface area (Å²) in [7, 11) is 1.80. The second kappa shape index (κ2) is 8.13. The van der Waals surface area contributed by atoms with Gasteiger partial charge in [0.15, 0.2) is 0 Å². The Labute approximate surface area is 112 Å². The molecule has 0 saturated heterocycles. The summed E-state index contributed by atoms with van der Waals surface area (Å²) in [4.78, 5) is 2.60. The molecule has 0 aliphatic heterocycles. The molecule has 0 aromatic carbocycles. The lowest BCUT2D eigenvalue weighted by Gasteiger charge is -2.23. The molecular formula is C15H30N2O. The Bertz CT molecular complexity index is 211. The third kappa shape index (κ3) is 5.25. The third-order valence-electron chi connectivity index (χ3n) is 4.33. The van der Waals surface area contributed by atoms with E-state index in [4.69, 9.17) is 4.74 Å². The Hall–Kier alpha value is -0.120. The van der Waals surface area contributed by atoms with Crippen molar-refractivity contribution in [3.8, 4) is 0 Å². The smallest absolute Gasteiger partial charge is 0.0589 e. The first-order valence-electron chi connectivity index (χ1n) is 7.86. The maximum Gasteiger partial charge on any atom is 0.0589 e. The molecule has 0 radical (unpaired) electrons. The highest BCUT2D eigenvalue weighted by Gasteiger charge is 2.28. The van der Waals surface area contributed by atoms with Crippen molar-refractivity contribution >= 4 is 0 Å². The summed E-state index contributed by atoms with van der Waals surface area (Å²) in [5.74, 6) is 0. The summed E-state index contributed by atoms with van der Waals surface area (Å²) < 4.78 is 5.20. The van der Waals surface area contributed by atoms with Crippen LogP contribution < -0.4 is 5.32 Å². The van der Waals surface area contributed by atoms with Gasteiger partial charge in [-0.1, -0.05) is 25.7 Å². The molecule has 106 valence electrons. The Morgan fingerprint density at radius 3 is 2.33 bits per heavy atom. The van der Waals surface area contributed by atoms with Crippen molar-refractivity contribution in [2.75, 3.05) is 33.4 Å². The second-order valence-electron chi connectivity index (χ2n) is 5.90. The van der Waals surface area contributed by atoms with Gasteiger partial charge < -0.3 is 10.1 Å². The number of hydrogen-bond donors (Lipinski definition) is 1. The van der Waals surface area contributed by atoms with Gasteiger partial charge in [0, 0.05) is 38.8 Å². The van der Waals surface area contributed by atoms with E-state index in [1.165, 1.54) is 57.9 Å². The molecule has 2 aliphatic carbocycles. The lowest BCUT2D eigenvalue weighted by molar-refractivity contribution is 0.143. The average Bonchev–Trinajstić information content (AvgIpc) is 3.20. The Morgan fingerprint density at radius 1 is 1.00 bits per heavy atom. The van der Waals surface area contributed by atoms with E-state index in [1.807, 2.05) is 0 Å². The number of methoxy groups -OCH3 is 1. The average molecular weight is 254 g/mol. The first-order chi connectivity index (χ1) is 8.90. The predicted molar refractivity (Wildman–Crippen MR) is 76.0 cm³/mol. The number of hydrogen-bond acceptors (Lipinski definition) is 3.